The molecule has 0 spiro atoms. The Hall–Kier alpha value is -1.59. The van der Waals surface area contributed by atoms with E-state index in [2.05, 4.69) is 17.0 Å². The van der Waals surface area contributed by atoms with Gasteiger partial charge in [0.1, 0.15) is 12.9 Å². The first-order chi connectivity index (χ1) is 7.54. The molecule has 16 heavy (non-hydrogen) atoms. The number of rotatable bonds is 5. The van der Waals surface area contributed by atoms with E-state index in [0.29, 0.717) is 0 Å². The van der Waals surface area contributed by atoms with E-state index in [-0.39, 0.29) is 24.4 Å². The van der Waals surface area contributed by atoms with Crippen molar-refractivity contribution in [1.82, 2.24) is 19.7 Å². The predicted molar refractivity (Wildman–Crippen MR) is 61.6 cm³/mol. The van der Waals surface area contributed by atoms with Crippen molar-refractivity contribution in [3.05, 3.63) is 6.33 Å². The van der Waals surface area contributed by atoms with Crippen LogP contribution in [0, 0.1) is 0 Å². The Balaban J connectivity index is 2.51. The summed E-state index contributed by atoms with van der Waals surface area (Å²) in [5.74, 6) is 0.211. The van der Waals surface area contributed by atoms with Gasteiger partial charge in [-0.15, -0.1) is 5.10 Å². The van der Waals surface area contributed by atoms with Gasteiger partial charge in [-0.1, -0.05) is 13.3 Å². The average Bonchev–Trinajstić information content (AvgIpc) is 2.63. The topological polar surface area (TPSA) is 77.0 Å². The molecule has 0 radical (unpaired) electrons. The number of likely N-dealkylation sites (N-methyl/N-ethyl adjacent to an activating group) is 1. The summed E-state index contributed by atoms with van der Waals surface area (Å²) < 4.78 is 1.45. The third kappa shape index (κ3) is 3.22. The molecular formula is C10H19N5O. The molecule has 0 aromatic carbocycles. The molecule has 90 valence electrons. The molecule has 0 aliphatic rings. The fourth-order valence-electron chi connectivity index (χ4n) is 1.49. The lowest BCUT2D eigenvalue weighted by molar-refractivity contribution is -0.132. The van der Waals surface area contributed by atoms with Gasteiger partial charge in [0.25, 0.3) is 0 Å². The van der Waals surface area contributed by atoms with Crippen LogP contribution in [-0.4, -0.2) is 38.7 Å². The standard InChI is InChI=1S/C10H19N5O/c1-4-5-8(2)14(3)9(16)6-15-7-12-10(11)13-15/h7-8H,4-6H2,1-3H3,(H2,11,13). The number of amides is 1. The number of aromatic nitrogens is 3. The minimum absolute atomic E-state index is 0.0193. The summed E-state index contributed by atoms with van der Waals surface area (Å²) in [6.07, 6.45) is 3.53. The van der Waals surface area contributed by atoms with Crippen LogP contribution < -0.4 is 5.73 Å². The number of hydrogen-bond acceptors (Lipinski definition) is 4. The van der Waals surface area contributed by atoms with Gasteiger partial charge in [-0.05, 0) is 13.3 Å². The van der Waals surface area contributed by atoms with E-state index in [9.17, 15) is 4.79 Å². The van der Waals surface area contributed by atoms with Gasteiger partial charge in [0.05, 0.1) is 0 Å². The van der Waals surface area contributed by atoms with E-state index in [1.165, 1.54) is 11.0 Å². The summed E-state index contributed by atoms with van der Waals surface area (Å²) in [5, 5.41) is 3.87. The van der Waals surface area contributed by atoms with Crippen LogP contribution in [0.4, 0.5) is 5.95 Å². The minimum atomic E-state index is 0.0193. The van der Waals surface area contributed by atoms with Crippen LogP contribution in [0.2, 0.25) is 0 Å². The molecule has 1 heterocycles. The molecule has 1 rings (SSSR count). The second kappa shape index (κ2) is 5.48. The second-order valence-electron chi connectivity index (χ2n) is 3.94. The molecule has 0 saturated heterocycles. The van der Waals surface area contributed by atoms with Crippen LogP contribution in [0.3, 0.4) is 0 Å². The fourth-order valence-corrected chi connectivity index (χ4v) is 1.49. The number of anilines is 1. The van der Waals surface area contributed by atoms with E-state index >= 15 is 0 Å². The lowest BCUT2D eigenvalue weighted by Gasteiger charge is -2.24. The van der Waals surface area contributed by atoms with E-state index in [1.807, 2.05) is 14.0 Å². The van der Waals surface area contributed by atoms with Gasteiger partial charge in [-0.25, -0.2) is 9.67 Å². The monoisotopic (exact) mass is 225 g/mol. The molecule has 0 bridgehead atoms. The molecule has 6 nitrogen and oxygen atoms in total. The molecule has 0 aliphatic carbocycles. The zero-order valence-electron chi connectivity index (χ0n) is 10.1. The molecular weight excluding hydrogens is 206 g/mol. The first kappa shape index (κ1) is 12.5. The summed E-state index contributed by atoms with van der Waals surface area (Å²) in [5.41, 5.74) is 5.37. The molecule has 0 saturated carbocycles. The quantitative estimate of drug-likeness (QED) is 0.792. The van der Waals surface area contributed by atoms with Crippen molar-refractivity contribution < 1.29 is 4.79 Å². The van der Waals surface area contributed by atoms with Crippen molar-refractivity contribution in [3.8, 4) is 0 Å². The van der Waals surface area contributed by atoms with Crippen molar-refractivity contribution in [1.29, 1.82) is 0 Å². The van der Waals surface area contributed by atoms with Gasteiger partial charge in [-0.2, -0.15) is 0 Å². The Kier molecular flexibility index (Phi) is 4.28. The van der Waals surface area contributed by atoms with Gasteiger partial charge < -0.3 is 10.6 Å². The summed E-state index contributed by atoms with van der Waals surface area (Å²) in [4.78, 5) is 17.3. The van der Waals surface area contributed by atoms with Gasteiger partial charge >= 0.3 is 0 Å². The Morgan fingerprint density at radius 2 is 2.38 bits per heavy atom. The lowest BCUT2D eigenvalue weighted by atomic mass is 10.2. The number of nitrogens with two attached hydrogens (primary N) is 1. The van der Waals surface area contributed by atoms with Crippen LogP contribution in [-0.2, 0) is 11.3 Å². The zero-order valence-corrected chi connectivity index (χ0v) is 10.1. The molecule has 6 heteroatoms. The third-order valence-electron chi connectivity index (χ3n) is 2.61. The fraction of sp³-hybridized carbons (Fsp3) is 0.700. The largest absolute Gasteiger partial charge is 0.367 e. The summed E-state index contributed by atoms with van der Waals surface area (Å²) in [6.45, 7) is 4.33. The number of nitrogen functional groups attached to an aromatic ring is 1. The molecule has 1 aromatic heterocycles. The summed E-state index contributed by atoms with van der Waals surface area (Å²) in [6, 6.07) is 0.248. The highest BCUT2D eigenvalue weighted by Gasteiger charge is 2.15. The highest BCUT2D eigenvalue weighted by Crippen LogP contribution is 2.05. The second-order valence-corrected chi connectivity index (χ2v) is 3.94. The van der Waals surface area contributed by atoms with Gasteiger partial charge in [0, 0.05) is 13.1 Å². The van der Waals surface area contributed by atoms with E-state index in [4.69, 9.17) is 5.73 Å². The van der Waals surface area contributed by atoms with Gasteiger partial charge in [-0.3, -0.25) is 4.79 Å². The molecule has 1 unspecified atom stereocenters. The van der Waals surface area contributed by atoms with Crippen LogP contribution in [0.1, 0.15) is 26.7 Å². The van der Waals surface area contributed by atoms with Gasteiger partial charge in [0.2, 0.25) is 11.9 Å². The van der Waals surface area contributed by atoms with E-state index in [0.717, 1.165) is 12.8 Å². The Bertz CT molecular complexity index is 349. The van der Waals surface area contributed by atoms with Crippen LogP contribution >= 0.6 is 0 Å². The van der Waals surface area contributed by atoms with Crippen molar-refractivity contribution in [2.24, 2.45) is 0 Å². The minimum Gasteiger partial charge on any atom is -0.367 e. The number of carbonyl (C=O) groups is 1. The lowest BCUT2D eigenvalue weighted by Crippen LogP contribution is -2.37. The zero-order chi connectivity index (χ0) is 12.1. The molecule has 1 aromatic rings. The number of carbonyl (C=O) groups excluding carboxylic acids is 1. The maximum atomic E-state index is 11.8. The molecule has 2 N–H and O–H groups in total. The van der Waals surface area contributed by atoms with Crippen molar-refractivity contribution in [2.75, 3.05) is 12.8 Å². The first-order valence-corrected chi connectivity index (χ1v) is 5.45. The Morgan fingerprint density at radius 3 is 2.88 bits per heavy atom. The Morgan fingerprint density at radius 1 is 1.69 bits per heavy atom. The SMILES string of the molecule is CCCC(C)N(C)C(=O)Cn1cnc(N)n1. The molecule has 1 atom stereocenters. The highest BCUT2D eigenvalue weighted by atomic mass is 16.2. The molecule has 1 amide bonds. The summed E-state index contributed by atoms with van der Waals surface area (Å²) >= 11 is 0. The average molecular weight is 225 g/mol. The van der Waals surface area contributed by atoms with Crippen molar-refractivity contribution in [2.45, 2.75) is 39.3 Å². The normalized spacial score (nSPS) is 12.4. The molecule has 0 fully saturated rings. The van der Waals surface area contributed by atoms with E-state index < -0.39 is 0 Å². The van der Waals surface area contributed by atoms with E-state index in [1.54, 1.807) is 4.90 Å². The van der Waals surface area contributed by atoms with Gasteiger partial charge in [0.15, 0.2) is 0 Å². The van der Waals surface area contributed by atoms with Crippen molar-refractivity contribution >= 4 is 11.9 Å². The third-order valence-corrected chi connectivity index (χ3v) is 2.61. The maximum absolute atomic E-state index is 11.8. The summed E-state index contributed by atoms with van der Waals surface area (Å²) in [7, 11) is 1.81. The Labute approximate surface area is 95.4 Å². The highest BCUT2D eigenvalue weighted by molar-refractivity contribution is 5.75. The first-order valence-electron chi connectivity index (χ1n) is 5.45. The smallest absolute Gasteiger partial charge is 0.244 e. The molecule has 0 aliphatic heterocycles. The predicted octanol–water partition coefficient (Wildman–Crippen LogP) is 0.507. The van der Waals surface area contributed by atoms with Crippen LogP contribution in [0.25, 0.3) is 0 Å². The number of nitrogens with zero attached hydrogens (tertiary/aromatic N) is 4. The van der Waals surface area contributed by atoms with Crippen molar-refractivity contribution in [3.63, 3.8) is 0 Å². The van der Waals surface area contributed by atoms with Crippen LogP contribution in [0.15, 0.2) is 6.33 Å². The van der Waals surface area contributed by atoms with Crippen LogP contribution in [0.5, 0.6) is 0 Å². The number of hydrogen-bond donors (Lipinski definition) is 1. The maximum Gasteiger partial charge on any atom is 0.244 e.